The Balaban J connectivity index is 1.42. The van der Waals surface area contributed by atoms with E-state index < -0.39 is 0 Å². The summed E-state index contributed by atoms with van der Waals surface area (Å²) in [7, 11) is 1.67. The fraction of sp³-hybridized carbons (Fsp3) is 0.409. The summed E-state index contributed by atoms with van der Waals surface area (Å²) in [5.74, 6) is 2.44. The fourth-order valence-electron chi connectivity index (χ4n) is 4.90. The van der Waals surface area contributed by atoms with Crippen LogP contribution < -0.4 is 10.1 Å². The predicted molar refractivity (Wildman–Crippen MR) is 109 cm³/mol. The molecule has 2 fully saturated rings. The van der Waals surface area contributed by atoms with Gasteiger partial charge in [0.25, 0.3) is 5.91 Å². The highest BCUT2D eigenvalue weighted by molar-refractivity contribution is 7.16. The highest BCUT2D eigenvalue weighted by Crippen LogP contribution is 2.44. The first-order valence-electron chi connectivity index (χ1n) is 9.72. The number of methoxy groups -OCH3 is 1. The lowest BCUT2D eigenvalue weighted by Crippen LogP contribution is -2.39. The number of hydrogen-bond acceptors (Lipinski definition) is 3. The van der Waals surface area contributed by atoms with Crippen LogP contribution in [0.5, 0.6) is 5.75 Å². The molecule has 27 heavy (non-hydrogen) atoms. The molecule has 2 aliphatic rings. The predicted octanol–water partition coefficient (Wildman–Crippen LogP) is 4.68. The van der Waals surface area contributed by atoms with Crippen LogP contribution in [-0.4, -0.2) is 23.6 Å². The molecule has 0 saturated heterocycles. The fourth-order valence-corrected chi connectivity index (χ4v) is 5.79. The summed E-state index contributed by atoms with van der Waals surface area (Å²) < 4.78 is 7.41. The number of benzene rings is 1. The van der Waals surface area contributed by atoms with Crippen LogP contribution in [0.4, 0.5) is 0 Å². The summed E-state index contributed by atoms with van der Waals surface area (Å²) in [6.07, 6.45) is 5.08. The molecule has 0 radical (unpaired) electrons. The molecule has 2 aromatic heterocycles. The van der Waals surface area contributed by atoms with Crippen molar-refractivity contribution >= 4 is 27.5 Å². The molecule has 0 aliphatic heterocycles. The zero-order valence-electron chi connectivity index (χ0n) is 15.5. The molecule has 0 unspecified atom stereocenters. The van der Waals surface area contributed by atoms with Gasteiger partial charge >= 0.3 is 0 Å². The standard InChI is InChI=1S/C22H24N2O2S/c1-26-18-6-3-14(4-7-18)13-24-20(12-17-8-9-27-22(17)24)21(25)23-19-11-15-2-5-16(19)10-15/h3-4,6-9,12,15-16,19H,2,5,10-11,13H2,1H3,(H,23,25)/t15-,16-,19-/m1/s1. The second-order valence-corrected chi connectivity index (χ2v) is 8.79. The molecular weight excluding hydrogens is 356 g/mol. The van der Waals surface area contributed by atoms with Gasteiger partial charge in [-0.25, -0.2) is 0 Å². The highest BCUT2D eigenvalue weighted by atomic mass is 32.1. The Bertz CT molecular complexity index is 972. The van der Waals surface area contributed by atoms with E-state index in [0.29, 0.717) is 18.5 Å². The molecule has 1 amide bonds. The van der Waals surface area contributed by atoms with Crippen molar-refractivity contribution in [2.24, 2.45) is 11.8 Å². The van der Waals surface area contributed by atoms with E-state index in [9.17, 15) is 4.79 Å². The van der Waals surface area contributed by atoms with Crippen molar-refractivity contribution in [3.63, 3.8) is 0 Å². The van der Waals surface area contributed by atoms with Crippen molar-refractivity contribution in [3.05, 3.63) is 53.0 Å². The van der Waals surface area contributed by atoms with Crippen LogP contribution in [0.25, 0.3) is 10.2 Å². The number of amides is 1. The van der Waals surface area contributed by atoms with Crippen molar-refractivity contribution in [3.8, 4) is 5.75 Å². The lowest BCUT2D eigenvalue weighted by atomic mass is 9.95. The summed E-state index contributed by atoms with van der Waals surface area (Å²) in [5.41, 5.74) is 1.94. The number of fused-ring (bicyclic) bond motifs is 3. The Labute approximate surface area is 163 Å². The number of carbonyl (C=O) groups is 1. The Morgan fingerprint density at radius 1 is 1.22 bits per heavy atom. The van der Waals surface area contributed by atoms with Crippen LogP contribution in [0.15, 0.2) is 41.8 Å². The minimum Gasteiger partial charge on any atom is -0.497 e. The van der Waals surface area contributed by atoms with Crippen molar-refractivity contribution in [2.45, 2.75) is 38.3 Å². The first kappa shape index (κ1) is 16.9. The van der Waals surface area contributed by atoms with Crippen LogP contribution in [0.1, 0.15) is 41.7 Å². The SMILES string of the molecule is COc1ccc(Cn2c(C(=O)N[C@@H]3C[C@@H]4CC[C@@H]3C4)cc3ccsc32)cc1. The maximum atomic E-state index is 13.1. The molecule has 3 aromatic rings. The normalized spacial score (nSPS) is 23.8. The second kappa shape index (κ2) is 6.71. The molecule has 2 saturated carbocycles. The molecule has 5 heteroatoms. The molecule has 3 atom stereocenters. The average molecular weight is 381 g/mol. The topological polar surface area (TPSA) is 43.3 Å². The lowest BCUT2D eigenvalue weighted by Gasteiger charge is -2.23. The summed E-state index contributed by atoms with van der Waals surface area (Å²) in [5, 5.41) is 6.58. The van der Waals surface area contributed by atoms with Gasteiger partial charge < -0.3 is 14.6 Å². The van der Waals surface area contributed by atoms with Crippen LogP contribution in [0, 0.1) is 11.8 Å². The molecule has 1 N–H and O–H groups in total. The third-order valence-electron chi connectivity index (χ3n) is 6.29. The van der Waals surface area contributed by atoms with E-state index in [0.717, 1.165) is 39.6 Å². The van der Waals surface area contributed by atoms with Crippen molar-refractivity contribution < 1.29 is 9.53 Å². The molecule has 4 nitrogen and oxygen atoms in total. The first-order valence-corrected chi connectivity index (χ1v) is 10.6. The molecular formula is C22H24N2O2S. The highest BCUT2D eigenvalue weighted by Gasteiger charge is 2.40. The number of carbonyl (C=O) groups excluding carboxylic acids is 1. The van der Waals surface area contributed by atoms with Gasteiger partial charge in [0.15, 0.2) is 0 Å². The quantitative estimate of drug-likeness (QED) is 0.698. The summed E-state index contributed by atoms with van der Waals surface area (Å²) in [6.45, 7) is 0.688. The zero-order valence-corrected chi connectivity index (χ0v) is 16.3. The smallest absolute Gasteiger partial charge is 0.268 e. The van der Waals surface area contributed by atoms with Gasteiger partial charge in [-0.1, -0.05) is 18.6 Å². The number of ether oxygens (including phenoxy) is 1. The van der Waals surface area contributed by atoms with Gasteiger partial charge in [-0.15, -0.1) is 11.3 Å². The van der Waals surface area contributed by atoms with E-state index in [4.69, 9.17) is 4.74 Å². The molecule has 0 spiro atoms. The van der Waals surface area contributed by atoms with E-state index in [1.54, 1.807) is 18.4 Å². The molecule has 140 valence electrons. The third kappa shape index (κ3) is 3.04. The van der Waals surface area contributed by atoms with Gasteiger partial charge in [0.1, 0.15) is 16.3 Å². The molecule has 2 aliphatic carbocycles. The Kier molecular flexibility index (Phi) is 4.20. The minimum absolute atomic E-state index is 0.0736. The van der Waals surface area contributed by atoms with Crippen molar-refractivity contribution in [2.75, 3.05) is 7.11 Å². The molecule has 2 heterocycles. The van der Waals surface area contributed by atoms with Gasteiger partial charge in [0.05, 0.1) is 7.11 Å². The van der Waals surface area contributed by atoms with Gasteiger partial charge in [-0.3, -0.25) is 4.79 Å². The van der Waals surface area contributed by atoms with Crippen molar-refractivity contribution in [1.82, 2.24) is 9.88 Å². The number of nitrogens with one attached hydrogen (secondary N) is 1. The average Bonchev–Trinajstić information content (AvgIpc) is 3.44. The Morgan fingerprint density at radius 2 is 2.07 bits per heavy atom. The van der Waals surface area contributed by atoms with Gasteiger partial charge in [-0.05, 0) is 66.3 Å². The summed E-state index contributed by atoms with van der Waals surface area (Å²) in [6, 6.07) is 12.6. The van der Waals surface area contributed by atoms with Gasteiger partial charge in [-0.2, -0.15) is 0 Å². The van der Waals surface area contributed by atoms with Crippen LogP contribution in [0.2, 0.25) is 0 Å². The van der Waals surface area contributed by atoms with Crippen LogP contribution >= 0.6 is 11.3 Å². The van der Waals surface area contributed by atoms with E-state index in [1.807, 2.05) is 18.2 Å². The van der Waals surface area contributed by atoms with Crippen LogP contribution in [0.3, 0.4) is 0 Å². The maximum Gasteiger partial charge on any atom is 0.268 e. The molecule has 1 aromatic carbocycles. The van der Waals surface area contributed by atoms with Crippen molar-refractivity contribution in [1.29, 1.82) is 0 Å². The summed E-state index contributed by atoms with van der Waals surface area (Å²) >= 11 is 1.69. The number of rotatable bonds is 5. The third-order valence-corrected chi connectivity index (χ3v) is 7.24. The Morgan fingerprint density at radius 3 is 2.78 bits per heavy atom. The monoisotopic (exact) mass is 380 g/mol. The molecule has 2 bridgehead atoms. The number of aromatic nitrogens is 1. The maximum absolute atomic E-state index is 13.1. The number of hydrogen-bond donors (Lipinski definition) is 1. The van der Waals surface area contributed by atoms with Gasteiger partial charge in [0.2, 0.25) is 0 Å². The molecule has 5 rings (SSSR count). The largest absolute Gasteiger partial charge is 0.497 e. The number of nitrogens with zero attached hydrogens (tertiary/aromatic N) is 1. The summed E-state index contributed by atoms with van der Waals surface area (Å²) in [4.78, 5) is 14.3. The number of thiophene rings is 1. The van der Waals surface area contributed by atoms with E-state index in [-0.39, 0.29) is 5.91 Å². The lowest BCUT2D eigenvalue weighted by molar-refractivity contribution is 0.0914. The minimum atomic E-state index is 0.0736. The second-order valence-electron chi connectivity index (χ2n) is 7.90. The first-order chi connectivity index (χ1) is 13.2. The van der Waals surface area contributed by atoms with Gasteiger partial charge in [0, 0.05) is 18.0 Å². The van der Waals surface area contributed by atoms with Crippen LogP contribution in [-0.2, 0) is 6.54 Å². The zero-order chi connectivity index (χ0) is 18.4. The van der Waals surface area contributed by atoms with E-state index in [2.05, 4.69) is 33.5 Å². The Hall–Kier alpha value is -2.27. The van der Waals surface area contributed by atoms with E-state index in [1.165, 1.54) is 19.3 Å². The van der Waals surface area contributed by atoms with E-state index >= 15 is 0 Å².